The quantitative estimate of drug-likeness (QED) is 0.587. The number of hydrazine groups is 1. The number of rotatable bonds is 1. The highest BCUT2D eigenvalue weighted by Gasteiger charge is 2.17. The zero-order chi connectivity index (χ0) is 13.8. The summed E-state index contributed by atoms with van der Waals surface area (Å²) in [6.45, 7) is 5.03. The molecule has 0 aromatic carbocycles. The molecule has 0 saturated carbocycles. The van der Waals surface area contributed by atoms with Crippen LogP contribution in [0.25, 0.3) is 0 Å². The number of hydrogen-bond acceptors (Lipinski definition) is 4. The Kier molecular flexibility index (Phi) is 4.19. The standard InChI is InChI=1S/C11H14FN3O3/c1-11(2,3)18-10(17)15-14-9(16)7-5-4-6-13-8(7)12/h4-6H,1-3H3,(H,14,16)(H,15,17). The summed E-state index contributed by atoms with van der Waals surface area (Å²) in [7, 11) is 0. The minimum absolute atomic E-state index is 0.270. The number of hydrogen-bond donors (Lipinski definition) is 2. The largest absolute Gasteiger partial charge is 0.443 e. The van der Waals surface area contributed by atoms with Gasteiger partial charge in [0.05, 0.1) is 5.56 Å². The van der Waals surface area contributed by atoms with Gasteiger partial charge in [-0.15, -0.1) is 0 Å². The zero-order valence-corrected chi connectivity index (χ0v) is 10.3. The molecule has 0 radical (unpaired) electrons. The van der Waals surface area contributed by atoms with Gasteiger partial charge in [-0.25, -0.2) is 15.2 Å². The fraction of sp³-hybridized carbons (Fsp3) is 0.364. The number of carbonyl (C=O) groups excluding carboxylic acids is 2. The fourth-order valence-corrected chi connectivity index (χ4v) is 1.03. The van der Waals surface area contributed by atoms with Crippen LogP contribution in [-0.2, 0) is 4.74 Å². The number of nitrogens with one attached hydrogen (secondary N) is 2. The second-order valence-corrected chi connectivity index (χ2v) is 4.42. The van der Waals surface area contributed by atoms with E-state index in [0.29, 0.717) is 0 Å². The topological polar surface area (TPSA) is 80.3 Å². The predicted octanol–water partition coefficient (Wildman–Crippen LogP) is 1.39. The molecule has 0 bridgehead atoms. The van der Waals surface area contributed by atoms with E-state index in [4.69, 9.17) is 4.74 Å². The van der Waals surface area contributed by atoms with Crippen molar-refractivity contribution in [3.05, 3.63) is 29.8 Å². The minimum atomic E-state index is -0.916. The summed E-state index contributed by atoms with van der Waals surface area (Å²) in [6, 6.07) is 2.65. The Bertz CT molecular complexity index is 457. The van der Waals surface area contributed by atoms with Crippen molar-refractivity contribution >= 4 is 12.0 Å². The highest BCUT2D eigenvalue weighted by Crippen LogP contribution is 2.06. The molecule has 0 aliphatic rings. The van der Waals surface area contributed by atoms with Crippen molar-refractivity contribution in [1.29, 1.82) is 0 Å². The van der Waals surface area contributed by atoms with Crippen molar-refractivity contribution in [2.24, 2.45) is 0 Å². The van der Waals surface area contributed by atoms with Crippen molar-refractivity contribution in [2.75, 3.05) is 0 Å². The Morgan fingerprint density at radius 3 is 2.56 bits per heavy atom. The van der Waals surface area contributed by atoms with Crippen LogP contribution < -0.4 is 10.9 Å². The minimum Gasteiger partial charge on any atom is -0.443 e. The molecule has 2 amide bonds. The van der Waals surface area contributed by atoms with E-state index < -0.39 is 23.5 Å². The van der Waals surface area contributed by atoms with Crippen LogP contribution >= 0.6 is 0 Å². The first-order chi connectivity index (χ1) is 8.29. The Labute approximate surface area is 104 Å². The SMILES string of the molecule is CC(C)(C)OC(=O)NNC(=O)c1cccnc1F. The summed E-state index contributed by atoms with van der Waals surface area (Å²) in [5.74, 6) is -1.73. The molecule has 1 rings (SSSR count). The van der Waals surface area contributed by atoms with Crippen molar-refractivity contribution in [1.82, 2.24) is 15.8 Å². The lowest BCUT2D eigenvalue weighted by molar-refractivity contribution is 0.0483. The lowest BCUT2D eigenvalue weighted by Gasteiger charge is -2.19. The Hall–Kier alpha value is -2.18. The van der Waals surface area contributed by atoms with Gasteiger partial charge in [0, 0.05) is 6.20 Å². The van der Waals surface area contributed by atoms with Gasteiger partial charge in [0.1, 0.15) is 5.60 Å². The molecule has 0 spiro atoms. The van der Waals surface area contributed by atoms with E-state index in [1.54, 1.807) is 20.8 Å². The number of pyridine rings is 1. The highest BCUT2D eigenvalue weighted by atomic mass is 19.1. The molecule has 98 valence electrons. The van der Waals surface area contributed by atoms with Gasteiger partial charge in [-0.1, -0.05) is 0 Å². The molecule has 1 aromatic rings. The first-order valence-electron chi connectivity index (χ1n) is 5.19. The van der Waals surface area contributed by atoms with Crippen LogP contribution in [0, 0.1) is 5.95 Å². The van der Waals surface area contributed by atoms with Crippen LogP contribution in [0.2, 0.25) is 0 Å². The summed E-state index contributed by atoms with van der Waals surface area (Å²) in [4.78, 5) is 26.0. The van der Waals surface area contributed by atoms with Crippen LogP contribution in [0.5, 0.6) is 0 Å². The van der Waals surface area contributed by atoms with E-state index in [9.17, 15) is 14.0 Å². The molecular formula is C11H14FN3O3. The lowest BCUT2D eigenvalue weighted by Crippen LogP contribution is -2.44. The van der Waals surface area contributed by atoms with Gasteiger partial charge < -0.3 is 4.74 Å². The lowest BCUT2D eigenvalue weighted by atomic mass is 10.2. The van der Waals surface area contributed by atoms with Gasteiger partial charge in [-0.2, -0.15) is 4.39 Å². The number of aromatic nitrogens is 1. The summed E-state index contributed by atoms with van der Waals surface area (Å²) in [5.41, 5.74) is 3.07. The third-order valence-corrected chi connectivity index (χ3v) is 1.68. The molecule has 1 heterocycles. The molecule has 0 aliphatic heterocycles. The molecular weight excluding hydrogens is 241 g/mol. The molecule has 6 nitrogen and oxygen atoms in total. The molecule has 0 aliphatic carbocycles. The van der Waals surface area contributed by atoms with Crippen LogP contribution in [0.1, 0.15) is 31.1 Å². The number of halogens is 1. The van der Waals surface area contributed by atoms with Gasteiger partial charge in [-0.3, -0.25) is 10.2 Å². The maximum atomic E-state index is 13.1. The van der Waals surface area contributed by atoms with Gasteiger partial charge in [-0.05, 0) is 32.9 Å². The maximum Gasteiger partial charge on any atom is 0.426 e. The van der Waals surface area contributed by atoms with Crippen molar-refractivity contribution in [3.63, 3.8) is 0 Å². The summed E-state index contributed by atoms with van der Waals surface area (Å²) < 4.78 is 18.0. The van der Waals surface area contributed by atoms with Gasteiger partial charge in [0.25, 0.3) is 5.91 Å². The van der Waals surface area contributed by atoms with Crippen LogP contribution in [0.3, 0.4) is 0 Å². The van der Waals surface area contributed by atoms with Gasteiger partial charge in [0.2, 0.25) is 5.95 Å². The molecule has 0 unspecified atom stereocenters. The van der Waals surface area contributed by atoms with E-state index in [1.807, 2.05) is 10.9 Å². The second kappa shape index (κ2) is 5.44. The molecule has 0 atom stereocenters. The molecule has 0 fully saturated rings. The summed E-state index contributed by atoms with van der Waals surface area (Å²) in [5, 5.41) is 0. The molecule has 7 heteroatoms. The van der Waals surface area contributed by atoms with Crippen LogP contribution in [0.15, 0.2) is 18.3 Å². The van der Waals surface area contributed by atoms with E-state index in [0.717, 1.165) is 0 Å². The van der Waals surface area contributed by atoms with Gasteiger partial charge in [0.15, 0.2) is 0 Å². The second-order valence-electron chi connectivity index (χ2n) is 4.42. The van der Waals surface area contributed by atoms with Crippen molar-refractivity contribution in [3.8, 4) is 0 Å². The van der Waals surface area contributed by atoms with Gasteiger partial charge >= 0.3 is 6.09 Å². The van der Waals surface area contributed by atoms with Crippen molar-refractivity contribution < 1.29 is 18.7 Å². The number of nitrogens with zero attached hydrogens (tertiary/aromatic N) is 1. The first-order valence-corrected chi connectivity index (χ1v) is 5.19. The molecule has 1 aromatic heterocycles. The number of carbonyl (C=O) groups is 2. The first kappa shape index (κ1) is 13.9. The summed E-state index contributed by atoms with van der Waals surface area (Å²) >= 11 is 0. The predicted molar refractivity (Wildman–Crippen MR) is 61.0 cm³/mol. The Balaban J connectivity index is 2.52. The molecule has 2 N–H and O–H groups in total. The van der Waals surface area contributed by atoms with Crippen LogP contribution in [0.4, 0.5) is 9.18 Å². The van der Waals surface area contributed by atoms with E-state index in [-0.39, 0.29) is 5.56 Å². The van der Waals surface area contributed by atoms with Crippen molar-refractivity contribution in [2.45, 2.75) is 26.4 Å². The Morgan fingerprint density at radius 2 is 2.00 bits per heavy atom. The normalized spacial score (nSPS) is 10.7. The Morgan fingerprint density at radius 1 is 1.33 bits per heavy atom. The average Bonchev–Trinajstić information content (AvgIpc) is 2.24. The fourth-order valence-electron chi connectivity index (χ4n) is 1.03. The number of ether oxygens (including phenoxy) is 1. The smallest absolute Gasteiger partial charge is 0.426 e. The monoisotopic (exact) mass is 255 g/mol. The third-order valence-electron chi connectivity index (χ3n) is 1.68. The average molecular weight is 255 g/mol. The summed E-state index contributed by atoms with van der Waals surface area (Å²) in [6.07, 6.45) is 0.382. The highest BCUT2D eigenvalue weighted by molar-refractivity contribution is 5.94. The van der Waals surface area contributed by atoms with E-state index in [2.05, 4.69) is 4.98 Å². The third kappa shape index (κ3) is 4.36. The van der Waals surface area contributed by atoms with E-state index in [1.165, 1.54) is 18.3 Å². The number of amides is 2. The van der Waals surface area contributed by atoms with E-state index >= 15 is 0 Å². The van der Waals surface area contributed by atoms with Crippen LogP contribution in [-0.4, -0.2) is 22.6 Å². The zero-order valence-electron chi connectivity index (χ0n) is 10.3. The molecule has 0 saturated heterocycles. The molecule has 18 heavy (non-hydrogen) atoms. The maximum absolute atomic E-state index is 13.1.